The van der Waals surface area contributed by atoms with Crippen molar-refractivity contribution in [1.82, 2.24) is 4.98 Å². The summed E-state index contributed by atoms with van der Waals surface area (Å²) in [7, 11) is 4.04. The number of rotatable bonds is 3. The third-order valence-corrected chi connectivity index (χ3v) is 2.40. The number of nitrogen functional groups attached to an aromatic ring is 1. The van der Waals surface area contributed by atoms with Crippen LogP contribution in [0.25, 0.3) is 0 Å². The molecule has 0 saturated heterocycles. The molecule has 0 spiro atoms. The summed E-state index contributed by atoms with van der Waals surface area (Å²) in [5.41, 5.74) is 7.78. The van der Waals surface area contributed by atoms with Crippen molar-refractivity contribution in [3.8, 4) is 0 Å². The average Bonchev–Trinajstić information content (AvgIpc) is 2.65. The first kappa shape index (κ1) is 10.5. The normalized spacial score (nSPS) is 10.4. The fourth-order valence-electron chi connectivity index (χ4n) is 1.52. The summed E-state index contributed by atoms with van der Waals surface area (Å²) in [4.78, 5) is 5.93. The SMILES string of the molecule is CN(C)c1ccc(Cc2cnc(N)o2)cc1. The van der Waals surface area contributed by atoms with E-state index in [-0.39, 0.29) is 6.01 Å². The van der Waals surface area contributed by atoms with Gasteiger partial charge in [0.25, 0.3) is 6.01 Å². The van der Waals surface area contributed by atoms with E-state index in [2.05, 4.69) is 34.1 Å². The standard InChI is InChI=1S/C12H15N3O/c1-15(2)10-5-3-9(4-6-10)7-11-8-14-12(13)16-11/h3-6,8H,7H2,1-2H3,(H2,13,14). The maximum absolute atomic E-state index is 5.41. The lowest BCUT2D eigenvalue weighted by molar-refractivity contribution is 0.534. The largest absolute Gasteiger partial charge is 0.429 e. The van der Waals surface area contributed by atoms with Gasteiger partial charge in [-0.1, -0.05) is 12.1 Å². The Bertz CT molecular complexity index is 459. The van der Waals surface area contributed by atoms with Crippen LogP contribution in [-0.4, -0.2) is 19.1 Å². The molecule has 4 nitrogen and oxygen atoms in total. The van der Waals surface area contributed by atoms with E-state index in [0.717, 1.165) is 12.2 Å². The van der Waals surface area contributed by atoms with Gasteiger partial charge < -0.3 is 15.1 Å². The molecule has 2 rings (SSSR count). The molecule has 0 atom stereocenters. The summed E-state index contributed by atoms with van der Waals surface area (Å²) < 4.78 is 5.22. The predicted molar refractivity (Wildman–Crippen MR) is 64.5 cm³/mol. The van der Waals surface area contributed by atoms with E-state index in [1.807, 2.05) is 14.1 Å². The van der Waals surface area contributed by atoms with Gasteiger partial charge >= 0.3 is 0 Å². The number of anilines is 2. The smallest absolute Gasteiger partial charge is 0.292 e. The molecule has 2 N–H and O–H groups in total. The molecular formula is C12H15N3O. The average molecular weight is 217 g/mol. The van der Waals surface area contributed by atoms with E-state index in [1.165, 1.54) is 11.3 Å². The van der Waals surface area contributed by atoms with Gasteiger partial charge in [0.1, 0.15) is 5.76 Å². The van der Waals surface area contributed by atoms with Gasteiger partial charge in [0.15, 0.2) is 0 Å². The summed E-state index contributed by atoms with van der Waals surface area (Å²) in [6, 6.07) is 8.53. The quantitative estimate of drug-likeness (QED) is 0.853. The summed E-state index contributed by atoms with van der Waals surface area (Å²) in [5, 5.41) is 0. The molecule has 16 heavy (non-hydrogen) atoms. The zero-order valence-corrected chi connectivity index (χ0v) is 9.47. The second-order valence-corrected chi connectivity index (χ2v) is 3.90. The van der Waals surface area contributed by atoms with Crippen molar-refractivity contribution >= 4 is 11.7 Å². The lowest BCUT2D eigenvalue weighted by atomic mass is 10.1. The number of aromatic nitrogens is 1. The fourth-order valence-corrected chi connectivity index (χ4v) is 1.52. The molecular weight excluding hydrogens is 202 g/mol. The van der Waals surface area contributed by atoms with Crippen LogP contribution in [-0.2, 0) is 6.42 Å². The number of oxazole rings is 1. The van der Waals surface area contributed by atoms with Crippen LogP contribution in [0, 0.1) is 0 Å². The van der Waals surface area contributed by atoms with Crippen LogP contribution in [0.5, 0.6) is 0 Å². The Morgan fingerprint density at radius 3 is 2.44 bits per heavy atom. The number of hydrogen-bond donors (Lipinski definition) is 1. The minimum absolute atomic E-state index is 0.222. The van der Waals surface area contributed by atoms with Crippen molar-refractivity contribution in [1.29, 1.82) is 0 Å². The number of nitrogens with zero attached hydrogens (tertiary/aromatic N) is 2. The molecule has 1 aromatic heterocycles. The molecule has 0 aliphatic carbocycles. The van der Waals surface area contributed by atoms with E-state index in [4.69, 9.17) is 10.2 Å². The lowest BCUT2D eigenvalue weighted by Gasteiger charge is -2.12. The van der Waals surface area contributed by atoms with Crippen molar-refractivity contribution in [2.45, 2.75) is 6.42 Å². The molecule has 1 heterocycles. The lowest BCUT2D eigenvalue weighted by Crippen LogP contribution is -2.08. The maximum Gasteiger partial charge on any atom is 0.292 e. The zero-order chi connectivity index (χ0) is 11.5. The Balaban J connectivity index is 2.11. The zero-order valence-electron chi connectivity index (χ0n) is 9.47. The maximum atomic E-state index is 5.41. The molecule has 2 aromatic rings. The highest BCUT2D eigenvalue weighted by atomic mass is 16.4. The third kappa shape index (κ3) is 2.34. The molecule has 0 bridgehead atoms. The minimum atomic E-state index is 0.222. The summed E-state index contributed by atoms with van der Waals surface area (Å²) in [6.45, 7) is 0. The minimum Gasteiger partial charge on any atom is -0.429 e. The van der Waals surface area contributed by atoms with Crippen molar-refractivity contribution < 1.29 is 4.42 Å². The Morgan fingerprint density at radius 1 is 1.25 bits per heavy atom. The summed E-state index contributed by atoms with van der Waals surface area (Å²) >= 11 is 0. The first-order valence-electron chi connectivity index (χ1n) is 5.11. The van der Waals surface area contributed by atoms with Gasteiger partial charge in [0.2, 0.25) is 0 Å². The van der Waals surface area contributed by atoms with Crippen molar-refractivity contribution in [3.05, 3.63) is 41.8 Å². The van der Waals surface area contributed by atoms with E-state index in [1.54, 1.807) is 6.20 Å². The Morgan fingerprint density at radius 2 is 1.94 bits per heavy atom. The number of benzene rings is 1. The van der Waals surface area contributed by atoms with Gasteiger partial charge in [0, 0.05) is 26.2 Å². The van der Waals surface area contributed by atoms with Crippen LogP contribution >= 0.6 is 0 Å². The molecule has 0 saturated carbocycles. The fraction of sp³-hybridized carbons (Fsp3) is 0.250. The third-order valence-electron chi connectivity index (χ3n) is 2.40. The van der Waals surface area contributed by atoms with Crippen LogP contribution in [0.3, 0.4) is 0 Å². The highest BCUT2D eigenvalue weighted by Gasteiger charge is 2.02. The molecule has 4 heteroatoms. The summed E-state index contributed by atoms with van der Waals surface area (Å²) in [5.74, 6) is 0.787. The highest BCUT2D eigenvalue weighted by molar-refractivity contribution is 5.46. The van der Waals surface area contributed by atoms with Crippen LogP contribution in [0.1, 0.15) is 11.3 Å². The predicted octanol–water partition coefficient (Wildman–Crippen LogP) is 1.91. The van der Waals surface area contributed by atoms with Gasteiger partial charge in [-0.25, -0.2) is 4.98 Å². The number of nitrogens with two attached hydrogens (primary N) is 1. The van der Waals surface area contributed by atoms with E-state index in [9.17, 15) is 0 Å². The monoisotopic (exact) mass is 217 g/mol. The van der Waals surface area contributed by atoms with E-state index < -0.39 is 0 Å². The van der Waals surface area contributed by atoms with Gasteiger partial charge in [-0.05, 0) is 17.7 Å². The Kier molecular flexibility index (Phi) is 2.81. The van der Waals surface area contributed by atoms with Crippen molar-refractivity contribution in [2.24, 2.45) is 0 Å². The second-order valence-electron chi connectivity index (χ2n) is 3.90. The van der Waals surface area contributed by atoms with E-state index in [0.29, 0.717) is 0 Å². The molecule has 0 amide bonds. The summed E-state index contributed by atoms with van der Waals surface area (Å²) in [6.07, 6.45) is 2.38. The van der Waals surface area contributed by atoms with Gasteiger partial charge in [-0.15, -0.1) is 0 Å². The molecule has 0 fully saturated rings. The molecule has 84 valence electrons. The Hall–Kier alpha value is -1.97. The second kappa shape index (κ2) is 4.26. The van der Waals surface area contributed by atoms with E-state index >= 15 is 0 Å². The molecule has 0 radical (unpaired) electrons. The van der Waals surface area contributed by atoms with Crippen LogP contribution in [0.4, 0.5) is 11.7 Å². The highest BCUT2D eigenvalue weighted by Crippen LogP contribution is 2.16. The topological polar surface area (TPSA) is 55.3 Å². The van der Waals surface area contributed by atoms with Crippen LogP contribution in [0.15, 0.2) is 34.9 Å². The van der Waals surface area contributed by atoms with Crippen molar-refractivity contribution in [2.75, 3.05) is 24.7 Å². The van der Waals surface area contributed by atoms with Gasteiger partial charge in [-0.3, -0.25) is 0 Å². The van der Waals surface area contributed by atoms with Gasteiger partial charge in [-0.2, -0.15) is 0 Å². The van der Waals surface area contributed by atoms with Crippen LogP contribution in [0.2, 0.25) is 0 Å². The van der Waals surface area contributed by atoms with Crippen molar-refractivity contribution in [3.63, 3.8) is 0 Å². The first-order valence-corrected chi connectivity index (χ1v) is 5.11. The molecule has 0 aliphatic heterocycles. The molecule has 0 unspecified atom stereocenters. The number of hydrogen-bond acceptors (Lipinski definition) is 4. The molecule has 1 aromatic carbocycles. The van der Waals surface area contributed by atoms with Gasteiger partial charge in [0.05, 0.1) is 6.20 Å². The first-order chi connectivity index (χ1) is 7.65. The Labute approximate surface area is 94.7 Å². The molecule has 0 aliphatic rings. The van der Waals surface area contributed by atoms with Crippen LogP contribution < -0.4 is 10.6 Å².